The van der Waals surface area contributed by atoms with E-state index in [0.29, 0.717) is 17.1 Å². The van der Waals surface area contributed by atoms with Crippen molar-refractivity contribution < 1.29 is 14.3 Å². The average Bonchev–Trinajstić information content (AvgIpc) is 2.31. The summed E-state index contributed by atoms with van der Waals surface area (Å²) in [5.74, 6) is -1.40. The Morgan fingerprint density at radius 2 is 1.90 bits per heavy atom. The fraction of sp³-hybridized carbons (Fsp3) is 0.533. The van der Waals surface area contributed by atoms with Crippen molar-refractivity contribution in [3.05, 3.63) is 33.6 Å². The lowest BCUT2D eigenvalue weighted by Gasteiger charge is -2.40. The van der Waals surface area contributed by atoms with E-state index in [0.717, 1.165) is 0 Å². The van der Waals surface area contributed by atoms with Crippen molar-refractivity contribution in [3.63, 3.8) is 0 Å². The maximum Gasteiger partial charge on any atom is 0.304 e. The SMILES string of the molecule is CC(c1cc(F)c(Cl)cc1Cl)N(CCC(=O)O)C(C)(C)C. The standard InChI is InChI=1S/C15H20Cl2FNO2/c1-9(10-7-13(18)12(17)8-11(10)16)19(15(2,3)4)6-5-14(20)21/h7-9H,5-6H2,1-4H3,(H,20,21). The molecule has 0 aliphatic carbocycles. The number of carboxylic acid groups (broad SMARTS) is 1. The Hall–Kier alpha value is -0.840. The van der Waals surface area contributed by atoms with Gasteiger partial charge in [0, 0.05) is 23.1 Å². The summed E-state index contributed by atoms with van der Waals surface area (Å²) in [5.41, 5.74) is 0.313. The Labute approximate surface area is 134 Å². The number of carbonyl (C=O) groups is 1. The summed E-state index contributed by atoms with van der Waals surface area (Å²) in [6.07, 6.45) is 0.00923. The van der Waals surface area contributed by atoms with Gasteiger partial charge in [0.25, 0.3) is 0 Å². The molecule has 1 atom stereocenters. The Kier molecular flexibility index (Phi) is 6.02. The van der Waals surface area contributed by atoms with Gasteiger partial charge < -0.3 is 5.11 Å². The predicted octanol–water partition coefficient (Wildman–Crippen LogP) is 4.77. The number of aliphatic carboxylic acids is 1. The zero-order valence-electron chi connectivity index (χ0n) is 12.6. The molecular weight excluding hydrogens is 316 g/mol. The summed E-state index contributed by atoms with van der Waals surface area (Å²) in [6, 6.07) is 2.46. The Bertz CT molecular complexity index is 529. The third-order valence-electron chi connectivity index (χ3n) is 3.39. The van der Waals surface area contributed by atoms with Crippen LogP contribution in [0.4, 0.5) is 4.39 Å². The summed E-state index contributed by atoms with van der Waals surface area (Å²) >= 11 is 11.9. The Morgan fingerprint density at radius 3 is 2.38 bits per heavy atom. The number of hydrogen-bond donors (Lipinski definition) is 1. The predicted molar refractivity (Wildman–Crippen MR) is 83.5 cm³/mol. The molecule has 0 bridgehead atoms. The van der Waals surface area contributed by atoms with Gasteiger partial charge in [0.05, 0.1) is 11.4 Å². The first kappa shape index (κ1) is 18.2. The molecule has 21 heavy (non-hydrogen) atoms. The summed E-state index contributed by atoms with van der Waals surface area (Å²) in [6.45, 7) is 8.16. The van der Waals surface area contributed by atoms with Crippen molar-refractivity contribution in [2.45, 2.75) is 45.7 Å². The molecule has 1 unspecified atom stereocenters. The Morgan fingerprint density at radius 1 is 1.33 bits per heavy atom. The van der Waals surface area contributed by atoms with Crippen LogP contribution in [0.5, 0.6) is 0 Å². The van der Waals surface area contributed by atoms with Crippen LogP contribution < -0.4 is 0 Å². The highest BCUT2D eigenvalue weighted by Crippen LogP contribution is 2.34. The molecule has 0 radical (unpaired) electrons. The molecule has 6 heteroatoms. The third-order valence-corrected chi connectivity index (χ3v) is 4.00. The second-order valence-electron chi connectivity index (χ2n) is 5.97. The maximum atomic E-state index is 13.7. The molecular formula is C15H20Cl2FNO2. The van der Waals surface area contributed by atoms with Crippen LogP contribution in [0.25, 0.3) is 0 Å². The molecule has 0 aliphatic heterocycles. The lowest BCUT2D eigenvalue weighted by molar-refractivity contribution is -0.137. The molecule has 3 nitrogen and oxygen atoms in total. The van der Waals surface area contributed by atoms with Gasteiger partial charge in [-0.15, -0.1) is 0 Å². The molecule has 1 N–H and O–H groups in total. The van der Waals surface area contributed by atoms with Gasteiger partial charge in [0.15, 0.2) is 0 Å². The number of rotatable bonds is 5. The van der Waals surface area contributed by atoms with Gasteiger partial charge in [-0.3, -0.25) is 9.69 Å². The van der Waals surface area contributed by atoms with Gasteiger partial charge >= 0.3 is 5.97 Å². The largest absolute Gasteiger partial charge is 0.481 e. The van der Waals surface area contributed by atoms with Crippen LogP contribution in [0.2, 0.25) is 10.0 Å². The minimum atomic E-state index is -0.871. The van der Waals surface area contributed by atoms with Gasteiger partial charge in [0.2, 0.25) is 0 Å². The van der Waals surface area contributed by atoms with Gasteiger partial charge in [-0.05, 0) is 45.4 Å². The van der Waals surface area contributed by atoms with Crippen LogP contribution in [0.15, 0.2) is 12.1 Å². The van der Waals surface area contributed by atoms with Gasteiger partial charge in [-0.25, -0.2) is 4.39 Å². The molecule has 1 aromatic rings. The summed E-state index contributed by atoms with van der Waals surface area (Å²) in [5, 5.41) is 9.23. The minimum Gasteiger partial charge on any atom is -0.481 e. The van der Waals surface area contributed by atoms with E-state index in [4.69, 9.17) is 28.3 Å². The quantitative estimate of drug-likeness (QED) is 0.788. The average molecular weight is 336 g/mol. The van der Waals surface area contributed by atoms with E-state index in [1.807, 2.05) is 32.6 Å². The lowest BCUT2D eigenvalue weighted by atomic mass is 9.98. The highest BCUT2D eigenvalue weighted by molar-refractivity contribution is 6.35. The first-order chi connectivity index (χ1) is 9.54. The summed E-state index contributed by atoms with van der Waals surface area (Å²) in [4.78, 5) is 12.8. The van der Waals surface area contributed by atoms with Crippen LogP contribution in [0, 0.1) is 5.82 Å². The van der Waals surface area contributed by atoms with E-state index < -0.39 is 11.8 Å². The zero-order chi connectivity index (χ0) is 16.4. The second kappa shape index (κ2) is 6.95. The smallest absolute Gasteiger partial charge is 0.304 e. The molecule has 0 fully saturated rings. The monoisotopic (exact) mass is 335 g/mol. The van der Waals surface area contributed by atoms with Crippen LogP contribution in [-0.4, -0.2) is 28.1 Å². The first-order valence-corrected chi connectivity index (χ1v) is 7.42. The van der Waals surface area contributed by atoms with E-state index in [1.54, 1.807) is 0 Å². The van der Waals surface area contributed by atoms with Crippen molar-refractivity contribution in [1.29, 1.82) is 0 Å². The number of halogens is 3. The normalized spacial score (nSPS) is 13.5. The minimum absolute atomic E-state index is 0.00923. The summed E-state index contributed by atoms with van der Waals surface area (Å²) in [7, 11) is 0. The van der Waals surface area contributed by atoms with E-state index >= 15 is 0 Å². The molecule has 118 valence electrons. The number of benzene rings is 1. The van der Waals surface area contributed by atoms with Crippen LogP contribution >= 0.6 is 23.2 Å². The van der Waals surface area contributed by atoms with E-state index in [9.17, 15) is 9.18 Å². The van der Waals surface area contributed by atoms with Crippen LogP contribution in [0.3, 0.4) is 0 Å². The molecule has 0 heterocycles. The Balaban J connectivity index is 3.13. The fourth-order valence-electron chi connectivity index (χ4n) is 2.35. The van der Waals surface area contributed by atoms with Gasteiger partial charge in [0.1, 0.15) is 5.82 Å². The molecule has 1 aromatic carbocycles. The van der Waals surface area contributed by atoms with Gasteiger partial charge in [-0.2, -0.15) is 0 Å². The maximum absolute atomic E-state index is 13.7. The summed E-state index contributed by atoms with van der Waals surface area (Å²) < 4.78 is 13.7. The van der Waals surface area contributed by atoms with Crippen molar-refractivity contribution in [2.75, 3.05) is 6.54 Å². The molecule has 0 amide bonds. The fourth-order valence-corrected chi connectivity index (χ4v) is 2.89. The lowest BCUT2D eigenvalue weighted by Crippen LogP contribution is -2.44. The number of nitrogens with zero attached hydrogens (tertiary/aromatic N) is 1. The third kappa shape index (κ3) is 4.83. The van der Waals surface area contributed by atoms with E-state index in [1.165, 1.54) is 12.1 Å². The molecule has 0 saturated heterocycles. The highest BCUT2D eigenvalue weighted by Gasteiger charge is 2.29. The topological polar surface area (TPSA) is 40.5 Å². The molecule has 0 saturated carbocycles. The zero-order valence-corrected chi connectivity index (χ0v) is 14.1. The van der Waals surface area contributed by atoms with E-state index in [-0.39, 0.29) is 23.0 Å². The first-order valence-electron chi connectivity index (χ1n) is 6.67. The highest BCUT2D eigenvalue weighted by atomic mass is 35.5. The van der Waals surface area contributed by atoms with Crippen molar-refractivity contribution >= 4 is 29.2 Å². The van der Waals surface area contributed by atoms with Crippen molar-refractivity contribution in [3.8, 4) is 0 Å². The molecule has 0 aromatic heterocycles. The van der Waals surface area contributed by atoms with Crippen LogP contribution in [-0.2, 0) is 4.79 Å². The van der Waals surface area contributed by atoms with Crippen molar-refractivity contribution in [2.24, 2.45) is 0 Å². The number of hydrogen-bond acceptors (Lipinski definition) is 2. The van der Waals surface area contributed by atoms with Crippen molar-refractivity contribution in [1.82, 2.24) is 4.90 Å². The second-order valence-corrected chi connectivity index (χ2v) is 6.79. The molecule has 0 spiro atoms. The van der Waals surface area contributed by atoms with Gasteiger partial charge in [-0.1, -0.05) is 23.2 Å². The van der Waals surface area contributed by atoms with E-state index in [2.05, 4.69) is 0 Å². The van der Waals surface area contributed by atoms with Crippen LogP contribution in [0.1, 0.15) is 45.7 Å². The molecule has 0 aliphatic rings. The molecule has 1 rings (SSSR count). The number of carboxylic acids is 1.